The zero-order valence-electron chi connectivity index (χ0n) is 9.85. The van der Waals surface area contributed by atoms with Crippen molar-refractivity contribution in [2.45, 2.75) is 32.6 Å². The van der Waals surface area contributed by atoms with Gasteiger partial charge in [-0.1, -0.05) is 18.5 Å². The number of nitrogens with zero attached hydrogens (tertiary/aromatic N) is 3. The van der Waals surface area contributed by atoms with Gasteiger partial charge in [0.2, 0.25) is 0 Å². The van der Waals surface area contributed by atoms with Crippen molar-refractivity contribution in [3.05, 3.63) is 29.6 Å². The third kappa shape index (κ3) is 2.31. The van der Waals surface area contributed by atoms with Crippen molar-refractivity contribution < 1.29 is 4.79 Å². The van der Waals surface area contributed by atoms with E-state index in [-0.39, 0.29) is 11.7 Å². The van der Waals surface area contributed by atoms with Crippen molar-refractivity contribution in [1.82, 2.24) is 14.4 Å². The SMILES string of the molecule is CCC(CC(C)=O)c1ncc2c(Cl)nccn12. The summed E-state index contributed by atoms with van der Waals surface area (Å²) >= 11 is 5.99. The van der Waals surface area contributed by atoms with Crippen LogP contribution < -0.4 is 0 Å². The summed E-state index contributed by atoms with van der Waals surface area (Å²) in [5.74, 6) is 1.18. The lowest BCUT2D eigenvalue weighted by Crippen LogP contribution is -2.07. The van der Waals surface area contributed by atoms with E-state index in [0.29, 0.717) is 11.6 Å². The smallest absolute Gasteiger partial charge is 0.154 e. The number of hydrogen-bond acceptors (Lipinski definition) is 3. The van der Waals surface area contributed by atoms with E-state index in [1.165, 1.54) is 0 Å². The third-order valence-corrected chi connectivity index (χ3v) is 3.12. The molecule has 0 aliphatic rings. The molecular weight excluding hydrogens is 238 g/mol. The number of hydrogen-bond donors (Lipinski definition) is 0. The van der Waals surface area contributed by atoms with Crippen molar-refractivity contribution in [2.24, 2.45) is 0 Å². The Hall–Kier alpha value is -1.42. The number of imidazole rings is 1. The predicted octanol–water partition coefficient (Wildman–Crippen LogP) is 2.86. The highest BCUT2D eigenvalue weighted by molar-refractivity contribution is 6.32. The number of ketones is 1. The fourth-order valence-electron chi connectivity index (χ4n) is 1.98. The molecule has 0 aromatic carbocycles. The normalized spacial score (nSPS) is 12.9. The number of fused-ring (bicyclic) bond motifs is 1. The third-order valence-electron chi connectivity index (χ3n) is 2.83. The average Bonchev–Trinajstić information content (AvgIpc) is 2.71. The maximum atomic E-state index is 11.2. The maximum Gasteiger partial charge on any atom is 0.154 e. The van der Waals surface area contributed by atoms with Crippen LogP contribution in [0.15, 0.2) is 18.6 Å². The summed E-state index contributed by atoms with van der Waals surface area (Å²) in [6.07, 6.45) is 6.55. The average molecular weight is 252 g/mol. The topological polar surface area (TPSA) is 47.3 Å². The molecule has 0 spiro atoms. The van der Waals surface area contributed by atoms with E-state index in [1.807, 2.05) is 10.6 Å². The van der Waals surface area contributed by atoms with Gasteiger partial charge in [0.15, 0.2) is 5.15 Å². The second-order valence-electron chi connectivity index (χ2n) is 4.10. The molecule has 0 saturated heterocycles. The molecule has 0 bridgehead atoms. The number of rotatable bonds is 4. The first kappa shape index (κ1) is 12.0. The number of Topliss-reactive ketones (excluding diaryl/α,β-unsaturated/α-hetero) is 1. The Bertz CT molecular complexity index is 550. The van der Waals surface area contributed by atoms with Gasteiger partial charge in [-0.25, -0.2) is 9.97 Å². The lowest BCUT2D eigenvalue weighted by molar-refractivity contribution is -0.117. The molecule has 5 heteroatoms. The molecule has 2 rings (SSSR count). The van der Waals surface area contributed by atoms with Crippen molar-refractivity contribution in [2.75, 3.05) is 0 Å². The molecule has 2 aromatic rings. The zero-order valence-corrected chi connectivity index (χ0v) is 10.6. The van der Waals surface area contributed by atoms with Crippen molar-refractivity contribution >= 4 is 22.9 Å². The molecule has 0 N–H and O–H groups in total. The van der Waals surface area contributed by atoms with E-state index < -0.39 is 0 Å². The second kappa shape index (κ2) is 4.84. The van der Waals surface area contributed by atoms with Crippen molar-refractivity contribution in [1.29, 1.82) is 0 Å². The molecule has 2 aromatic heterocycles. The summed E-state index contributed by atoms with van der Waals surface area (Å²) in [6, 6.07) is 0. The Balaban J connectivity index is 2.47. The molecule has 0 aliphatic heterocycles. The quantitative estimate of drug-likeness (QED) is 0.840. The summed E-state index contributed by atoms with van der Waals surface area (Å²) in [7, 11) is 0. The molecule has 4 nitrogen and oxygen atoms in total. The molecule has 2 heterocycles. The number of carbonyl (C=O) groups excluding carboxylic acids is 1. The van der Waals surface area contributed by atoms with Gasteiger partial charge in [-0.15, -0.1) is 0 Å². The molecule has 0 amide bonds. The predicted molar refractivity (Wildman–Crippen MR) is 66.3 cm³/mol. The highest BCUT2D eigenvalue weighted by atomic mass is 35.5. The molecule has 0 radical (unpaired) electrons. The van der Waals surface area contributed by atoms with Crippen LogP contribution in [-0.4, -0.2) is 20.2 Å². The standard InChI is InChI=1S/C12H14ClN3O/c1-3-9(6-8(2)17)12-15-7-10-11(13)14-4-5-16(10)12/h4-5,7,9H,3,6H2,1-2H3. The molecule has 0 fully saturated rings. The van der Waals surface area contributed by atoms with Gasteiger partial charge >= 0.3 is 0 Å². The molecular formula is C12H14ClN3O. The van der Waals surface area contributed by atoms with E-state index in [1.54, 1.807) is 19.3 Å². The van der Waals surface area contributed by atoms with Gasteiger partial charge in [0.05, 0.1) is 6.20 Å². The van der Waals surface area contributed by atoms with Crippen LogP contribution in [0.4, 0.5) is 0 Å². The molecule has 1 atom stereocenters. The van der Waals surface area contributed by atoms with Gasteiger partial charge < -0.3 is 4.79 Å². The van der Waals surface area contributed by atoms with Gasteiger partial charge in [-0.2, -0.15) is 0 Å². The highest BCUT2D eigenvalue weighted by Crippen LogP contribution is 2.25. The molecule has 17 heavy (non-hydrogen) atoms. The molecule has 1 unspecified atom stereocenters. The van der Waals surface area contributed by atoms with Gasteiger partial charge in [-0.05, 0) is 13.3 Å². The lowest BCUT2D eigenvalue weighted by Gasteiger charge is -2.11. The highest BCUT2D eigenvalue weighted by Gasteiger charge is 2.17. The van der Waals surface area contributed by atoms with Crippen LogP contribution in [0.5, 0.6) is 0 Å². The van der Waals surface area contributed by atoms with E-state index in [0.717, 1.165) is 17.8 Å². The first-order valence-electron chi connectivity index (χ1n) is 5.60. The fourth-order valence-corrected chi connectivity index (χ4v) is 2.18. The minimum Gasteiger partial charge on any atom is -0.300 e. The maximum absolute atomic E-state index is 11.2. The second-order valence-corrected chi connectivity index (χ2v) is 4.46. The summed E-state index contributed by atoms with van der Waals surface area (Å²) < 4.78 is 1.91. The largest absolute Gasteiger partial charge is 0.300 e. The van der Waals surface area contributed by atoms with Crippen LogP contribution >= 0.6 is 11.6 Å². The molecule has 90 valence electrons. The minimum atomic E-state index is 0.133. The first-order valence-corrected chi connectivity index (χ1v) is 5.98. The number of aromatic nitrogens is 3. The van der Waals surface area contributed by atoms with Crippen LogP contribution in [0.3, 0.4) is 0 Å². The monoisotopic (exact) mass is 251 g/mol. The van der Waals surface area contributed by atoms with Crippen molar-refractivity contribution in [3.8, 4) is 0 Å². The Kier molecular flexibility index (Phi) is 3.43. The van der Waals surface area contributed by atoms with Crippen LogP contribution in [-0.2, 0) is 4.79 Å². The minimum absolute atomic E-state index is 0.133. The molecule has 0 aliphatic carbocycles. The van der Waals surface area contributed by atoms with Crippen LogP contribution in [0, 0.1) is 0 Å². The Morgan fingerprint density at radius 1 is 1.53 bits per heavy atom. The van der Waals surface area contributed by atoms with Gasteiger partial charge in [0.25, 0.3) is 0 Å². The number of carbonyl (C=O) groups is 1. The van der Waals surface area contributed by atoms with Crippen LogP contribution in [0.2, 0.25) is 5.15 Å². The van der Waals surface area contributed by atoms with Gasteiger partial charge in [0, 0.05) is 24.7 Å². The summed E-state index contributed by atoms with van der Waals surface area (Å²) in [6.45, 7) is 3.66. The van der Waals surface area contributed by atoms with Crippen molar-refractivity contribution in [3.63, 3.8) is 0 Å². The Labute approximate surface area is 105 Å². The Morgan fingerprint density at radius 3 is 2.94 bits per heavy atom. The van der Waals surface area contributed by atoms with Crippen LogP contribution in [0.25, 0.3) is 5.52 Å². The summed E-state index contributed by atoms with van der Waals surface area (Å²) in [4.78, 5) is 19.6. The molecule has 0 saturated carbocycles. The van der Waals surface area contributed by atoms with E-state index in [4.69, 9.17) is 11.6 Å². The van der Waals surface area contributed by atoms with Crippen LogP contribution in [0.1, 0.15) is 38.4 Å². The Morgan fingerprint density at radius 2 is 2.29 bits per heavy atom. The summed E-state index contributed by atoms with van der Waals surface area (Å²) in [5.41, 5.74) is 0.783. The fraction of sp³-hybridized carbons (Fsp3) is 0.417. The zero-order chi connectivity index (χ0) is 12.4. The van der Waals surface area contributed by atoms with E-state index in [2.05, 4.69) is 16.9 Å². The first-order chi connectivity index (χ1) is 8.13. The van der Waals surface area contributed by atoms with E-state index in [9.17, 15) is 4.79 Å². The lowest BCUT2D eigenvalue weighted by atomic mass is 9.99. The van der Waals surface area contributed by atoms with Gasteiger partial charge in [-0.3, -0.25) is 4.40 Å². The number of halogens is 1. The van der Waals surface area contributed by atoms with Gasteiger partial charge in [0.1, 0.15) is 17.1 Å². The summed E-state index contributed by atoms with van der Waals surface area (Å²) in [5, 5.41) is 0.434. The van der Waals surface area contributed by atoms with E-state index >= 15 is 0 Å².